The molecule has 0 saturated heterocycles. The monoisotopic (exact) mass is 169 g/mol. The lowest BCUT2D eigenvalue weighted by Gasteiger charge is -2.10. The summed E-state index contributed by atoms with van der Waals surface area (Å²) in [6, 6.07) is 0. The Hall–Kier alpha value is -0.790. The summed E-state index contributed by atoms with van der Waals surface area (Å²) in [4.78, 5) is 9.97. The van der Waals surface area contributed by atoms with Crippen LogP contribution in [0, 0.1) is 0 Å². The minimum Gasteiger partial charge on any atom is -0.454 e. The Morgan fingerprint density at radius 2 is 2.33 bits per heavy atom. The summed E-state index contributed by atoms with van der Waals surface area (Å²) >= 11 is 0. The van der Waals surface area contributed by atoms with Gasteiger partial charge in [-0.15, -0.1) is 0 Å². The number of carbonyl (C=O) groups excluding carboxylic acids is 1. The van der Waals surface area contributed by atoms with Crippen LogP contribution in [0.25, 0.3) is 0 Å². The van der Waals surface area contributed by atoms with E-state index in [2.05, 4.69) is 6.92 Å². The molecule has 1 unspecified atom stereocenters. The number of rotatable bonds is 7. The zero-order chi connectivity index (χ0) is 9.23. The molecule has 0 aromatic rings. The van der Waals surface area contributed by atoms with Crippen molar-refractivity contribution in [3.63, 3.8) is 0 Å². The molecule has 0 saturated carbocycles. The number of unbranched alkanes of at least 4 members (excludes halogenated alkanes) is 1. The first-order valence-corrected chi connectivity index (χ1v) is 4.49. The van der Waals surface area contributed by atoms with E-state index in [1.807, 2.05) is 19.1 Å². The molecular weight excluding hydrogens is 152 g/mol. The van der Waals surface area contributed by atoms with Gasteiger partial charge in [-0.05, 0) is 13.3 Å². The van der Waals surface area contributed by atoms with Crippen molar-refractivity contribution in [1.82, 2.24) is 0 Å². The fourth-order valence-corrected chi connectivity index (χ4v) is 1.01. The van der Waals surface area contributed by atoms with Crippen LogP contribution in [-0.4, -0.2) is 12.6 Å². The molecule has 2 nitrogen and oxygen atoms in total. The highest BCUT2D eigenvalue weighted by atomic mass is 16.5. The van der Waals surface area contributed by atoms with Gasteiger partial charge < -0.3 is 4.74 Å². The molecule has 0 aliphatic heterocycles. The SMILES string of the molecule is C/C=C/CC(CCCC)O[C]=O. The lowest BCUT2D eigenvalue weighted by atomic mass is 10.1. The first-order valence-electron chi connectivity index (χ1n) is 4.49. The van der Waals surface area contributed by atoms with E-state index in [-0.39, 0.29) is 6.10 Å². The van der Waals surface area contributed by atoms with Gasteiger partial charge in [0.2, 0.25) is 0 Å². The van der Waals surface area contributed by atoms with Crippen molar-refractivity contribution in [3.05, 3.63) is 12.2 Å². The molecule has 0 rings (SSSR count). The van der Waals surface area contributed by atoms with Crippen LogP contribution in [-0.2, 0) is 9.53 Å². The van der Waals surface area contributed by atoms with Crippen LogP contribution in [0.3, 0.4) is 0 Å². The summed E-state index contributed by atoms with van der Waals surface area (Å²) in [6.45, 7) is 5.58. The molecule has 0 spiro atoms. The molecular formula is C10H17O2. The maximum absolute atomic E-state index is 9.97. The Morgan fingerprint density at radius 3 is 2.83 bits per heavy atom. The van der Waals surface area contributed by atoms with E-state index in [0.29, 0.717) is 0 Å². The molecule has 1 atom stereocenters. The molecule has 0 amide bonds. The summed E-state index contributed by atoms with van der Waals surface area (Å²) in [5.41, 5.74) is 0. The van der Waals surface area contributed by atoms with E-state index in [1.165, 1.54) is 6.47 Å². The standard InChI is InChI=1S/C10H17O2/c1-3-5-7-10(12-9-11)8-6-4-2/h3,5,10H,4,6-8H2,1-2H3/b5-3+. The zero-order valence-corrected chi connectivity index (χ0v) is 7.88. The van der Waals surface area contributed by atoms with Gasteiger partial charge in [-0.3, -0.25) is 0 Å². The average Bonchev–Trinajstić information content (AvgIpc) is 2.10. The second-order valence-electron chi connectivity index (χ2n) is 2.77. The van der Waals surface area contributed by atoms with Crippen molar-refractivity contribution in [2.24, 2.45) is 0 Å². The minimum absolute atomic E-state index is 0.0265. The summed E-state index contributed by atoms with van der Waals surface area (Å²) in [7, 11) is 0. The molecule has 1 radical (unpaired) electrons. The third-order valence-corrected chi connectivity index (χ3v) is 1.73. The fraction of sp³-hybridized carbons (Fsp3) is 0.700. The molecule has 69 valence electrons. The van der Waals surface area contributed by atoms with Gasteiger partial charge in [-0.1, -0.05) is 31.9 Å². The minimum atomic E-state index is 0.0265. The lowest BCUT2D eigenvalue weighted by Crippen LogP contribution is -2.10. The molecule has 0 aliphatic carbocycles. The lowest BCUT2D eigenvalue weighted by molar-refractivity contribution is 0.167. The van der Waals surface area contributed by atoms with Crippen LogP contribution in [0.2, 0.25) is 0 Å². The smallest absolute Gasteiger partial charge is 0.417 e. The second-order valence-corrected chi connectivity index (χ2v) is 2.77. The highest BCUT2D eigenvalue weighted by Crippen LogP contribution is 2.08. The fourth-order valence-electron chi connectivity index (χ4n) is 1.01. The van der Waals surface area contributed by atoms with Crippen molar-refractivity contribution < 1.29 is 9.53 Å². The van der Waals surface area contributed by atoms with E-state index in [0.717, 1.165) is 25.7 Å². The van der Waals surface area contributed by atoms with Crippen molar-refractivity contribution >= 4 is 6.47 Å². The molecule has 0 heterocycles. The molecule has 0 aromatic heterocycles. The highest BCUT2D eigenvalue weighted by molar-refractivity contribution is 5.38. The predicted molar refractivity (Wildman–Crippen MR) is 49.5 cm³/mol. The summed E-state index contributed by atoms with van der Waals surface area (Å²) < 4.78 is 4.79. The van der Waals surface area contributed by atoms with E-state index in [4.69, 9.17) is 4.74 Å². The first kappa shape index (κ1) is 11.2. The Morgan fingerprint density at radius 1 is 1.58 bits per heavy atom. The van der Waals surface area contributed by atoms with Crippen LogP contribution in [0.4, 0.5) is 0 Å². The largest absolute Gasteiger partial charge is 0.454 e. The Labute approximate surface area is 74.6 Å². The van der Waals surface area contributed by atoms with Gasteiger partial charge in [0.05, 0.1) is 0 Å². The van der Waals surface area contributed by atoms with Gasteiger partial charge >= 0.3 is 6.47 Å². The molecule has 0 fully saturated rings. The second kappa shape index (κ2) is 8.31. The number of hydrogen-bond donors (Lipinski definition) is 0. The van der Waals surface area contributed by atoms with Crippen LogP contribution in [0.15, 0.2) is 12.2 Å². The Bertz CT molecular complexity index is 130. The van der Waals surface area contributed by atoms with E-state index in [9.17, 15) is 4.79 Å². The van der Waals surface area contributed by atoms with Gasteiger partial charge in [0.25, 0.3) is 0 Å². The van der Waals surface area contributed by atoms with Crippen LogP contribution in [0.1, 0.15) is 39.5 Å². The van der Waals surface area contributed by atoms with Crippen molar-refractivity contribution in [2.45, 2.75) is 45.6 Å². The zero-order valence-electron chi connectivity index (χ0n) is 7.88. The molecule has 12 heavy (non-hydrogen) atoms. The molecule has 0 bridgehead atoms. The van der Waals surface area contributed by atoms with Gasteiger partial charge in [0.15, 0.2) is 0 Å². The van der Waals surface area contributed by atoms with Crippen molar-refractivity contribution in [1.29, 1.82) is 0 Å². The molecule has 2 heteroatoms. The van der Waals surface area contributed by atoms with E-state index >= 15 is 0 Å². The third-order valence-electron chi connectivity index (χ3n) is 1.73. The van der Waals surface area contributed by atoms with E-state index in [1.54, 1.807) is 0 Å². The first-order chi connectivity index (χ1) is 5.85. The summed E-state index contributed by atoms with van der Waals surface area (Å²) in [5.74, 6) is 0. The highest BCUT2D eigenvalue weighted by Gasteiger charge is 2.05. The van der Waals surface area contributed by atoms with Crippen molar-refractivity contribution in [3.8, 4) is 0 Å². The Balaban J connectivity index is 3.60. The van der Waals surface area contributed by atoms with E-state index < -0.39 is 0 Å². The average molecular weight is 169 g/mol. The topological polar surface area (TPSA) is 26.3 Å². The number of hydrogen-bond acceptors (Lipinski definition) is 2. The van der Waals surface area contributed by atoms with Gasteiger partial charge in [0, 0.05) is 6.42 Å². The van der Waals surface area contributed by atoms with Gasteiger partial charge in [0.1, 0.15) is 6.10 Å². The third kappa shape index (κ3) is 5.96. The van der Waals surface area contributed by atoms with Crippen LogP contribution < -0.4 is 0 Å². The number of ether oxygens (including phenoxy) is 1. The van der Waals surface area contributed by atoms with Crippen LogP contribution >= 0.6 is 0 Å². The maximum Gasteiger partial charge on any atom is 0.417 e. The summed E-state index contributed by atoms with van der Waals surface area (Å²) in [6.07, 6.45) is 7.99. The maximum atomic E-state index is 9.97. The van der Waals surface area contributed by atoms with Crippen LogP contribution in [0.5, 0.6) is 0 Å². The summed E-state index contributed by atoms with van der Waals surface area (Å²) in [5, 5.41) is 0. The Kier molecular flexibility index (Phi) is 7.76. The molecule has 0 aromatic carbocycles. The molecule has 0 N–H and O–H groups in total. The normalized spacial score (nSPS) is 13.2. The van der Waals surface area contributed by atoms with Gasteiger partial charge in [-0.25, -0.2) is 4.79 Å². The molecule has 0 aliphatic rings. The predicted octanol–water partition coefficient (Wildman–Crippen LogP) is 2.60. The quantitative estimate of drug-likeness (QED) is 0.547. The number of allylic oxidation sites excluding steroid dienone is 1. The van der Waals surface area contributed by atoms with Crippen molar-refractivity contribution in [2.75, 3.05) is 0 Å². The van der Waals surface area contributed by atoms with Gasteiger partial charge in [-0.2, -0.15) is 0 Å².